The van der Waals surface area contributed by atoms with Gasteiger partial charge in [-0.25, -0.2) is 9.48 Å². The summed E-state index contributed by atoms with van der Waals surface area (Å²) in [6, 6.07) is 3.11. The average Bonchev–Trinajstić information content (AvgIpc) is 3.37. The second-order valence-corrected chi connectivity index (χ2v) is 6.77. The molecule has 10 nitrogen and oxygen atoms in total. The third-order valence-corrected chi connectivity index (χ3v) is 4.79. The lowest BCUT2D eigenvalue weighted by atomic mass is 10.1. The molecular weight excluding hydrogens is 362 g/mol. The summed E-state index contributed by atoms with van der Waals surface area (Å²) in [5, 5.41) is 21.4. The molecule has 1 atom stereocenters. The van der Waals surface area contributed by atoms with Gasteiger partial charge in [0, 0.05) is 32.5 Å². The van der Waals surface area contributed by atoms with Crippen molar-refractivity contribution in [3.8, 4) is 11.4 Å². The summed E-state index contributed by atoms with van der Waals surface area (Å²) in [5.41, 5.74) is 1.81. The topological polar surface area (TPSA) is 119 Å². The number of carboxylic acids is 1. The maximum atomic E-state index is 12.7. The number of carboxylic acid groups (broad SMARTS) is 1. The van der Waals surface area contributed by atoms with E-state index in [1.807, 2.05) is 4.90 Å². The molecule has 3 aromatic heterocycles. The van der Waals surface area contributed by atoms with Crippen molar-refractivity contribution in [2.45, 2.75) is 18.9 Å². The summed E-state index contributed by atoms with van der Waals surface area (Å²) in [6.45, 7) is 1.24. The average molecular weight is 381 g/mol. The third kappa shape index (κ3) is 3.48. The minimum Gasteiger partial charge on any atom is -0.478 e. The molecule has 0 bridgehead atoms. The van der Waals surface area contributed by atoms with Gasteiger partial charge in [-0.3, -0.25) is 14.5 Å². The first-order chi connectivity index (χ1) is 13.5. The zero-order chi connectivity index (χ0) is 19.7. The number of likely N-dealkylation sites (tertiary alicyclic amines) is 1. The highest BCUT2D eigenvalue weighted by Crippen LogP contribution is 2.24. The summed E-state index contributed by atoms with van der Waals surface area (Å²) >= 11 is 0. The van der Waals surface area contributed by atoms with Gasteiger partial charge in [0.15, 0.2) is 0 Å². The number of carbonyl (C=O) groups is 2. The zero-order valence-electron chi connectivity index (χ0n) is 15.3. The van der Waals surface area contributed by atoms with Gasteiger partial charge in [-0.1, -0.05) is 5.21 Å². The Balaban J connectivity index is 1.48. The van der Waals surface area contributed by atoms with E-state index in [9.17, 15) is 9.59 Å². The summed E-state index contributed by atoms with van der Waals surface area (Å²) in [4.78, 5) is 29.6. The Morgan fingerprint density at radius 3 is 2.68 bits per heavy atom. The fraction of sp³-hybridized carbons (Fsp3) is 0.333. The van der Waals surface area contributed by atoms with Gasteiger partial charge in [-0.15, -0.1) is 5.10 Å². The van der Waals surface area contributed by atoms with Gasteiger partial charge in [0.2, 0.25) is 0 Å². The van der Waals surface area contributed by atoms with Crippen molar-refractivity contribution in [1.29, 1.82) is 0 Å². The maximum Gasteiger partial charge on any atom is 0.337 e. The van der Waals surface area contributed by atoms with E-state index in [-0.39, 0.29) is 17.5 Å². The number of piperidine rings is 1. The number of aromatic nitrogens is 6. The van der Waals surface area contributed by atoms with E-state index in [2.05, 4.69) is 20.4 Å². The number of aryl methyl sites for hydroxylation is 1. The van der Waals surface area contributed by atoms with Crippen LogP contribution in [-0.2, 0) is 7.05 Å². The quantitative estimate of drug-likeness (QED) is 0.722. The number of hydrogen-bond donors (Lipinski definition) is 1. The Labute approximate surface area is 160 Å². The Morgan fingerprint density at radius 2 is 2.00 bits per heavy atom. The van der Waals surface area contributed by atoms with Crippen LogP contribution in [0.5, 0.6) is 0 Å². The van der Waals surface area contributed by atoms with Crippen molar-refractivity contribution >= 4 is 11.9 Å². The summed E-state index contributed by atoms with van der Waals surface area (Å²) in [6.07, 6.45) is 8.14. The molecule has 1 aliphatic heterocycles. The van der Waals surface area contributed by atoms with Gasteiger partial charge in [0.25, 0.3) is 5.91 Å². The molecule has 1 fully saturated rings. The fourth-order valence-electron chi connectivity index (χ4n) is 3.31. The molecule has 0 saturated carbocycles. The number of aromatic carboxylic acids is 1. The summed E-state index contributed by atoms with van der Waals surface area (Å²) in [5.74, 6) is -1.06. The Bertz CT molecular complexity index is 1010. The SMILES string of the molecule is Cn1cc(C(=O)N2CCCC(n3cc(-c4ccc(C(=O)O)cn4)nn3)C2)cn1. The van der Waals surface area contributed by atoms with E-state index in [0.717, 1.165) is 12.8 Å². The van der Waals surface area contributed by atoms with E-state index in [1.54, 1.807) is 41.1 Å². The molecular formula is C18H19N7O3. The monoisotopic (exact) mass is 381 g/mol. The van der Waals surface area contributed by atoms with Crippen LogP contribution < -0.4 is 0 Å². The number of pyridine rings is 1. The minimum atomic E-state index is -1.02. The van der Waals surface area contributed by atoms with Crippen LogP contribution in [0.3, 0.4) is 0 Å². The lowest BCUT2D eigenvalue weighted by molar-refractivity contribution is 0.0669. The molecule has 1 amide bonds. The van der Waals surface area contributed by atoms with Crippen molar-refractivity contribution in [3.63, 3.8) is 0 Å². The number of nitrogens with zero attached hydrogens (tertiary/aromatic N) is 7. The number of carbonyl (C=O) groups excluding carboxylic acids is 1. The summed E-state index contributed by atoms with van der Waals surface area (Å²) < 4.78 is 3.37. The van der Waals surface area contributed by atoms with Gasteiger partial charge in [0.1, 0.15) is 5.69 Å². The second-order valence-electron chi connectivity index (χ2n) is 6.77. The number of hydrogen-bond acceptors (Lipinski definition) is 6. The van der Waals surface area contributed by atoms with E-state index >= 15 is 0 Å². The first kappa shape index (κ1) is 17.8. The van der Waals surface area contributed by atoms with Crippen LogP contribution in [0.2, 0.25) is 0 Å². The van der Waals surface area contributed by atoms with E-state index < -0.39 is 5.97 Å². The van der Waals surface area contributed by atoms with Crippen molar-refractivity contribution in [3.05, 3.63) is 48.0 Å². The first-order valence-electron chi connectivity index (χ1n) is 8.91. The predicted octanol–water partition coefficient (Wildman–Crippen LogP) is 1.25. The molecule has 0 spiro atoms. The highest BCUT2D eigenvalue weighted by Gasteiger charge is 2.27. The molecule has 1 saturated heterocycles. The second kappa shape index (κ2) is 7.22. The molecule has 4 rings (SSSR count). The molecule has 4 heterocycles. The van der Waals surface area contributed by atoms with Crippen LogP contribution in [0.15, 0.2) is 36.9 Å². The van der Waals surface area contributed by atoms with Crippen LogP contribution in [0.4, 0.5) is 0 Å². The first-order valence-corrected chi connectivity index (χ1v) is 8.91. The standard InChI is InChI=1S/C18H19N7O3/c1-23-9-13(8-20-23)17(26)24-6-2-3-14(10-24)25-11-16(21-22-25)15-5-4-12(7-19-15)18(27)28/h4-5,7-9,11,14H,2-3,6,10H2,1H3,(H,27,28). The highest BCUT2D eigenvalue weighted by molar-refractivity contribution is 5.93. The van der Waals surface area contributed by atoms with E-state index in [0.29, 0.717) is 30.0 Å². The van der Waals surface area contributed by atoms with Crippen LogP contribution in [0.1, 0.15) is 39.6 Å². The van der Waals surface area contributed by atoms with Crippen LogP contribution >= 0.6 is 0 Å². The van der Waals surface area contributed by atoms with Crippen LogP contribution in [-0.4, -0.2) is 64.7 Å². The Hall–Kier alpha value is -3.56. The van der Waals surface area contributed by atoms with Crippen molar-refractivity contribution in [1.82, 2.24) is 34.7 Å². The van der Waals surface area contributed by atoms with Crippen molar-refractivity contribution in [2.75, 3.05) is 13.1 Å². The number of rotatable bonds is 4. The minimum absolute atomic E-state index is 0.0221. The van der Waals surface area contributed by atoms with E-state index in [1.165, 1.54) is 12.3 Å². The molecule has 10 heteroatoms. The van der Waals surface area contributed by atoms with Gasteiger partial charge in [-0.2, -0.15) is 5.10 Å². The van der Waals surface area contributed by atoms with Crippen molar-refractivity contribution in [2.24, 2.45) is 7.05 Å². The van der Waals surface area contributed by atoms with Gasteiger partial charge < -0.3 is 10.0 Å². The predicted molar refractivity (Wildman–Crippen MR) is 97.6 cm³/mol. The lowest BCUT2D eigenvalue weighted by Crippen LogP contribution is -2.40. The smallest absolute Gasteiger partial charge is 0.337 e. The Morgan fingerprint density at radius 1 is 1.14 bits per heavy atom. The van der Waals surface area contributed by atoms with Gasteiger partial charge in [0.05, 0.1) is 35.3 Å². The molecule has 1 N–H and O–H groups in total. The Kier molecular flexibility index (Phi) is 4.60. The molecule has 28 heavy (non-hydrogen) atoms. The van der Waals surface area contributed by atoms with E-state index in [4.69, 9.17) is 5.11 Å². The maximum absolute atomic E-state index is 12.7. The van der Waals surface area contributed by atoms with Crippen molar-refractivity contribution < 1.29 is 14.7 Å². The zero-order valence-corrected chi connectivity index (χ0v) is 15.3. The largest absolute Gasteiger partial charge is 0.478 e. The molecule has 1 unspecified atom stereocenters. The van der Waals surface area contributed by atoms with Crippen LogP contribution in [0, 0.1) is 0 Å². The molecule has 3 aromatic rings. The highest BCUT2D eigenvalue weighted by atomic mass is 16.4. The van der Waals surface area contributed by atoms with Gasteiger partial charge >= 0.3 is 5.97 Å². The molecule has 0 aromatic carbocycles. The molecule has 0 aliphatic carbocycles. The fourth-order valence-corrected chi connectivity index (χ4v) is 3.31. The number of amides is 1. The normalized spacial score (nSPS) is 16.9. The van der Waals surface area contributed by atoms with Gasteiger partial charge in [-0.05, 0) is 25.0 Å². The van der Waals surface area contributed by atoms with Crippen LogP contribution in [0.25, 0.3) is 11.4 Å². The third-order valence-electron chi connectivity index (χ3n) is 4.79. The lowest BCUT2D eigenvalue weighted by Gasteiger charge is -2.32. The molecule has 144 valence electrons. The molecule has 1 aliphatic rings. The summed E-state index contributed by atoms with van der Waals surface area (Å²) in [7, 11) is 1.78. The molecule has 0 radical (unpaired) electrons.